The molecule has 1 N–H and O–H groups in total. The molecule has 0 aliphatic carbocycles. The molecule has 1 aliphatic heterocycles. The average Bonchev–Trinajstić information content (AvgIpc) is 2.85. The second kappa shape index (κ2) is 6.36. The van der Waals surface area contributed by atoms with Crippen molar-refractivity contribution in [1.29, 1.82) is 0 Å². The molecule has 4 heteroatoms. The zero-order valence-corrected chi connectivity index (χ0v) is 11.3. The number of rotatable bonds is 5. The molecule has 1 saturated heterocycles. The molecular weight excluding hydrogens is 240 g/mol. The molecule has 1 heterocycles. The van der Waals surface area contributed by atoms with Crippen molar-refractivity contribution in [1.82, 2.24) is 10.2 Å². The molecule has 1 aliphatic rings. The van der Waals surface area contributed by atoms with E-state index in [2.05, 4.69) is 5.32 Å². The largest absolute Gasteiger partial charge is 0.350 e. The van der Waals surface area contributed by atoms with Gasteiger partial charge in [-0.25, -0.2) is 0 Å². The molecule has 4 nitrogen and oxygen atoms in total. The van der Waals surface area contributed by atoms with Crippen molar-refractivity contribution < 1.29 is 9.59 Å². The molecule has 0 radical (unpaired) electrons. The van der Waals surface area contributed by atoms with Gasteiger partial charge in [0.1, 0.15) is 6.04 Å². The average molecular weight is 260 g/mol. The predicted octanol–water partition coefficient (Wildman–Crippen LogP) is 1.70. The molecule has 102 valence electrons. The molecule has 2 rings (SSSR count). The highest BCUT2D eigenvalue weighted by Gasteiger charge is 2.31. The second-order valence-corrected chi connectivity index (χ2v) is 4.82. The van der Waals surface area contributed by atoms with Gasteiger partial charge in [-0.3, -0.25) is 9.59 Å². The van der Waals surface area contributed by atoms with Crippen LogP contribution in [0.3, 0.4) is 0 Å². The van der Waals surface area contributed by atoms with Crippen molar-refractivity contribution in [2.45, 2.75) is 38.8 Å². The van der Waals surface area contributed by atoms with E-state index < -0.39 is 0 Å². The monoisotopic (exact) mass is 260 g/mol. The van der Waals surface area contributed by atoms with Crippen LogP contribution in [-0.2, 0) is 16.1 Å². The van der Waals surface area contributed by atoms with Gasteiger partial charge in [-0.05, 0) is 18.4 Å². The topological polar surface area (TPSA) is 49.4 Å². The molecule has 0 spiro atoms. The lowest BCUT2D eigenvalue weighted by molar-refractivity contribution is -0.137. The van der Waals surface area contributed by atoms with Crippen LogP contribution in [0, 0.1) is 0 Å². The van der Waals surface area contributed by atoms with Gasteiger partial charge in [-0.1, -0.05) is 37.3 Å². The highest BCUT2D eigenvalue weighted by Crippen LogP contribution is 2.16. The van der Waals surface area contributed by atoms with Crippen LogP contribution in [0.15, 0.2) is 30.3 Å². The number of hydrogen-bond donors (Lipinski definition) is 1. The first-order valence-electron chi connectivity index (χ1n) is 6.83. The fourth-order valence-electron chi connectivity index (χ4n) is 2.45. The van der Waals surface area contributed by atoms with E-state index in [4.69, 9.17) is 0 Å². The quantitative estimate of drug-likeness (QED) is 0.876. The Bertz CT molecular complexity index is 445. The maximum absolute atomic E-state index is 12.2. The summed E-state index contributed by atoms with van der Waals surface area (Å²) >= 11 is 0. The molecule has 1 fully saturated rings. The molecule has 0 saturated carbocycles. The Morgan fingerprint density at radius 1 is 1.37 bits per heavy atom. The molecule has 2 amide bonds. The van der Waals surface area contributed by atoms with Gasteiger partial charge < -0.3 is 10.2 Å². The summed E-state index contributed by atoms with van der Waals surface area (Å²) in [6, 6.07) is 9.47. The molecule has 0 aromatic heterocycles. The Hall–Kier alpha value is -1.84. The lowest BCUT2D eigenvalue weighted by Crippen LogP contribution is -2.46. The molecule has 1 aromatic carbocycles. The normalized spacial score (nSPS) is 16.5. The Balaban J connectivity index is 1.92. The summed E-state index contributed by atoms with van der Waals surface area (Å²) in [5.41, 5.74) is 1.07. The van der Waals surface area contributed by atoms with E-state index in [9.17, 15) is 9.59 Å². The number of amides is 2. The molecule has 0 unspecified atom stereocenters. The van der Waals surface area contributed by atoms with E-state index in [1.165, 1.54) is 0 Å². The fourth-order valence-corrected chi connectivity index (χ4v) is 2.45. The first-order valence-corrected chi connectivity index (χ1v) is 6.83. The Morgan fingerprint density at radius 3 is 2.68 bits per heavy atom. The van der Waals surface area contributed by atoms with E-state index in [-0.39, 0.29) is 17.9 Å². The first kappa shape index (κ1) is 13.6. The lowest BCUT2D eigenvalue weighted by atomic mass is 10.1. The minimum Gasteiger partial charge on any atom is -0.350 e. The third kappa shape index (κ3) is 3.34. The predicted molar refractivity (Wildman–Crippen MR) is 73.3 cm³/mol. The lowest BCUT2D eigenvalue weighted by Gasteiger charge is -2.25. The van der Waals surface area contributed by atoms with E-state index in [1.54, 1.807) is 4.90 Å². The fraction of sp³-hybridized carbons (Fsp3) is 0.467. The first-order chi connectivity index (χ1) is 9.22. The van der Waals surface area contributed by atoms with Crippen molar-refractivity contribution >= 4 is 11.8 Å². The van der Waals surface area contributed by atoms with Gasteiger partial charge in [-0.2, -0.15) is 0 Å². The maximum Gasteiger partial charge on any atom is 0.243 e. The number of likely N-dealkylation sites (tertiary alicyclic amines) is 1. The summed E-state index contributed by atoms with van der Waals surface area (Å²) in [7, 11) is 0. The van der Waals surface area contributed by atoms with Crippen LogP contribution in [0.1, 0.15) is 31.7 Å². The van der Waals surface area contributed by atoms with Crippen molar-refractivity contribution in [2.24, 2.45) is 0 Å². The highest BCUT2D eigenvalue weighted by molar-refractivity contribution is 5.88. The van der Waals surface area contributed by atoms with Gasteiger partial charge >= 0.3 is 0 Å². The molecule has 19 heavy (non-hydrogen) atoms. The summed E-state index contributed by atoms with van der Waals surface area (Å²) in [5, 5.41) is 2.91. The van der Waals surface area contributed by atoms with E-state index in [0.29, 0.717) is 25.9 Å². The number of nitrogens with zero attached hydrogens (tertiary/aromatic N) is 1. The van der Waals surface area contributed by atoms with Gasteiger partial charge in [-0.15, -0.1) is 0 Å². The zero-order valence-electron chi connectivity index (χ0n) is 11.3. The Kier molecular flexibility index (Phi) is 4.55. The van der Waals surface area contributed by atoms with E-state index in [0.717, 1.165) is 12.0 Å². The molecule has 0 bridgehead atoms. The zero-order chi connectivity index (χ0) is 13.7. The van der Waals surface area contributed by atoms with Crippen LogP contribution < -0.4 is 5.32 Å². The standard InChI is InChI=1S/C15H20N2O2/c1-2-13(17-10-6-9-14(17)18)15(19)16-11-12-7-4-3-5-8-12/h3-5,7-8,13H,2,6,9-11H2,1H3,(H,16,19)/t13-/m0/s1. The smallest absolute Gasteiger partial charge is 0.243 e. The summed E-state index contributed by atoms with van der Waals surface area (Å²) in [6.45, 7) is 3.16. The number of carbonyl (C=O) groups is 2. The van der Waals surface area contributed by atoms with Crippen molar-refractivity contribution in [3.63, 3.8) is 0 Å². The van der Waals surface area contributed by atoms with Crippen LogP contribution >= 0.6 is 0 Å². The van der Waals surface area contributed by atoms with Crippen LogP contribution in [0.5, 0.6) is 0 Å². The van der Waals surface area contributed by atoms with Gasteiger partial charge in [0, 0.05) is 19.5 Å². The van der Waals surface area contributed by atoms with Crippen molar-refractivity contribution in [2.75, 3.05) is 6.54 Å². The summed E-state index contributed by atoms with van der Waals surface area (Å²) < 4.78 is 0. The summed E-state index contributed by atoms with van der Waals surface area (Å²) in [5.74, 6) is 0.0447. The van der Waals surface area contributed by atoms with Gasteiger partial charge in [0.2, 0.25) is 11.8 Å². The summed E-state index contributed by atoms with van der Waals surface area (Å²) in [6.07, 6.45) is 2.09. The van der Waals surface area contributed by atoms with Crippen LogP contribution in [0.25, 0.3) is 0 Å². The Morgan fingerprint density at radius 2 is 2.11 bits per heavy atom. The van der Waals surface area contributed by atoms with Crippen molar-refractivity contribution in [3.8, 4) is 0 Å². The van der Waals surface area contributed by atoms with E-state index >= 15 is 0 Å². The van der Waals surface area contributed by atoms with Crippen LogP contribution in [0.2, 0.25) is 0 Å². The SMILES string of the molecule is CC[C@@H](C(=O)NCc1ccccc1)N1CCCC1=O. The minimum absolute atomic E-state index is 0.0541. The third-order valence-corrected chi connectivity index (χ3v) is 3.49. The number of nitrogens with one attached hydrogen (secondary N) is 1. The van der Waals surface area contributed by atoms with Crippen molar-refractivity contribution in [3.05, 3.63) is 35.9 Å². The molecule has 1 aromatic rings. The maximum atomic E-state index is 12.2. The number of carbonyl (C=O) groups excluding carboxylic acids is 2. The summed E-state index contributed by atoms with van der Waals surface area (Å²) in [4.78, 5) is 25.6. The van der Waals surface area contributed by atoms with Gasteiger partial charge in [0.15, 0.2) is 0 Å². The van der Waals surface area contributed by atoms with Crippen LogP contribution in [0.4, 0.5) is 0 Å². The van der Waals surface area contributed by atoms with Gasteiger partial charge in [0.05, 0.1) is 0 Å². The molecular formula is C15H20N2O2. The number of benzene rings is 1. The molecule has 1 atom stereocenters. The van der Waals surface area contributed by atoms with E-state index in [1.807, 2.05) is 37.3 Å². The third-order valence-electron chi connectivity index (χ3n) is 3.49. The van der Waals surface area contributed by atoms with Gasteiger partial charge in [0.25, 0.3) is 0 Å². The minimum atomic E-state index is -0.321. The Labute approximate surface area is 113 Å². The second-order valence-electron chi connectivity index (χ2n) is 4.82. The van der Waals surface area contributed by atoms with Crippen LogP contribution in [-0.4, -0.2) is 29.3 Å². The highest BCUT2D eigenvalue weighted by atomic mass is 16.2. The number of hydrogen-bond acceptors (Lipinski definition) is 2.